The van der Waals surface area contributed by atoms with Crippen molar-refractivity contribution in [2.24, 2.45) is 4.99 Å². The Morgan fingerprint density at radius 1 is 1.14 bits per heavy atom. The predicted molar refractivity (Wildman–Crippen MR) is 87.9 cm³/mol. The van der Waals surface area contributed by atoms with Gasteiger partial charge in [-0.25, -0.2) is 0 Å². The second kappa shape index (κ2) is 5.41. The number of ketones is 1. The van der Waals surface area contributed by atoms with Gasteiger partial charge < -0.3 is 4.74 Å². The number of hydrogen-bond donors (Lipinski definition) is 0. The molecule has 3 rings (SSSR count). The summed E-state index contributed by atoms with van der Waals surface area (Å²) in [6.07, 6.45) is 0.326. The van der Waals surface area contributed by atoms with Crippen LogP contribution in [0.3, 0.4) is 0 Å². The normalized spacial score (nSPS) is 15.1. The van der Waals surface area contributed by atoms with E-state index in [4.69, 9.17) is 9.73 Å². The Morgan fingerprint density at radius 3 is 2.55 bits per heavy atom. The summed E-state index contributed by atoms with van der Waals surface area (Å²) in [5.74, 6) is 0.913. The fourth-order valence-electron chi connectivity index (χ4n) is 2.88. The number of carbonyl (C=O) groups is 1. The van der Waals surface area contributed by atoms with Gasteiger partial charge in [-0.1, -0.05) is 30.3 Å². The van der Waals surface area contributed by atoms with Crippen LogP contribution >= 0.6 is 0 Å². The molecule has 0 spiro atoms. The largest absolute Gasteiger partial charge is 0.497 e. The third-order valence-electron chi connectivity index (χ3n) is 4.03. The quantitative estimate of drug-likeness (QED) is 0.799. The van der Waals surface area contributed by atoms with E-state index >= 15 is 0 Å². The van der Waals surface area contributed by atoms with Gasteiger partial charge in [-0.3, -0.25) is 9.79 Å². The first kappa shape index (κ1) is 14.5. The first-order valence-electron chi connectivity index (χ1n) is 7.37. The molecule has 1 heterocycles. The van der Waals surface area contributed by atoms with Gasteiger partial charge in [-0.2, -0.15) is 0 Å². The average Bonchev–Trinajstić information content (AvgIpc) is 2.78. The van der Waals surface area contributed by atoms with E-state index in [1.165, 1.54) is 0 Å². The lowest BCUT2D eigenvalue weighted by Gasteiger charge is -2.16. The molecule has 2 aromatic carbocycles. The second-order valence-electron chi connectivity index (χ2n) is 6.00. The zero-order valence-electron chi connectivity index (χ0n) is 13.1. The Labute approximate surface area is 130 Å². The fourth-order valence-corrected chi connectivity index (χ4v) is 2.88. The summed E-state index contributed by atoms with van der Waals surface area (Å²) < 4.78 is 5.30. The zero-order valence-corrected chi connectivity index (χ0v) is 13.1. The van der Waals surface area contributed by atoms with Gasteiger partial charge in [0.1, 0.15) is 5.75 Å². The van der Waals surface area contributed by atoms with Crippen molar-refractivity contribution in [2.45, 2.75) is 25.8 Å². The lowest BCUT2D eigenvalue weighted by atomic mass is 9.91. The minimum Gasteiger partial charge on any atom is -0.497 e. The standard InChI is InChI=1S/C19H19NO2/c1-19(2)16-11-14(22-3)9-10-15(16)17(20-19)12-18(21)13-7-5-4-6-8-13/h4-11H,12H2,1-3H3. The first-order chi connectivity index (χ1) is 10.5. The Kier molecular flexibility index (Phi) is 3.57. The van der Waals surface area contributed by atoms with E-state index in [1.807, 2.05) is 48.5 Å². The van der Waals surface area contributed by atoms with Crippen molar-refractivity contribution in [3.05, 3.63) is 65.2 Å². The number of carbonyl (C=O) groups excluding carboxylic acids is 1. The molecule has 0 aliphatic carbocycles. The number of nitrogens with zero attached hydrogens (tertiary/aromatic N) is 1. The molecular formula is C19H19NO2. The van der Waals surface area contributed by atoms with Crippen molar-refractivity contribution in [3.8, 4) is 5.75 Å². The van der Waals surface area contributed by atoms with E-state index < -0.39 is 0 Å². The highest BCUT2D eigenvalue weighted by Gasteiger charge is 2.32. The highest BCUT2D eigenvalue weighted by Crippen LogP contribution is 2.38. The van der Waals surface area contributed by atoms with Crippen molar-refractivity contribution >= 4 is 11.5 Å². The molecule has 3 nitrogen and oxygen atoms in total. The van der Waals surface area contributed by atoms with Crippen molar-refractivity contribution < 1.29 is 9.53 Å². The summed E-state index contributed by atoms with van der Waals surface area (Å²) >= 11 is 0. The molecule has 0 aromatic heterocycles. The monoisotopic (exact) mass is 293 g/mol. The molecule has 0 fully saturated rings. The van der Waals surface area contributed by atoms with Gasteiger partial charge in [-0.05, 0) is 37.6 Å². The lowest BCUT2D eigenvalue weighted by molar-refractivity contribution is 0.100. The van der Waals surface area contributed by atoms with Gasteiger partial charge in [0, 0.05) is 11.1 Å². The molecule has 1 aliphatic rings. The molecule has 2 aromatic rings. The number of rotatable bonds is 4. The molecule has 0 N–H and O–H groups in total. The topological polar surface area (TPSA) is 38.7 Å². The molecule has 0 radical (unpaired) electrons. The van der Waals surface area contributed by atoms with E-state index in [9.17, 15) is 4.79 Å². The van der Waals surface area contributed by atoms with Crippen LogP contribution in [0.5, 0.6) is 5.75 Å². The average molecular weight is 293 g/mol. The summed E-state index contributed by atoms with van der Waals surface area (Å²) in [4.78, 5) is 17.2. The van der Waals surface area contributed by atoms with E-state index in [1.54, 1.807) is 7.11 Å². The number of fused-ring (bicyclic) bond motifs is 1. The molecule has 0 saturated heterocycles. The molecule has 0 atom stereocenters. The van der Waals surface area contributed by atoms with Crippen LogP contribution in [0.4, 0.5) is 0 Å². The SMILES string of the molecule is COc1ccc2c(c1)C(C)(C)N=C2CC(=O)c1ccccc1. The lowest BCUT2D eigenvalue weighted by Crippen LogP contribution is -2.10. The maximum Gasteiger partial charge on any atom is 0.168 e. The minimum atomic E-state index is -0.323. The number of hydrogen-bond acceptors (Lipinski definition) is 3. The molecule has 0 unspecified atom stereocenters. The molecular weight excluding hydrogens is 274 g/mol. The van der Waals surface area contributed by atoms with Crippen molar-refractivity contribution in [1.82, 2.24) is 0 Å². The molecule has 0 saturated carbocycles. The summed E-state index contributed by atoms with van der Waals surface area (Å²) in [5.41, 5.74) is 3.43. The van der Waals surface area contributed by atoms with E-state index in [-0.39, 0.29) is 11.3 Å². The number of methoxy groups -OCH3 is 1. The van der Waals surface area contributed by atoms with E-state index in [0.29, 0.717) is 6.42 Å². The zero-order chi connectivity index (χ0) is 15.7. The summed E-state index contributed by atoms with van der Waals surface area (Å²) in [7, 11) is 1.66. The number of benzene rings is 2. The van der Waals surface area contributed by atoms with Gasteiger partial charge in [-0.15, -0.1) is 0 Å². The maximum atomic E-state index is 12.4. The molecule has 0 bridgehead atoms. The van der Waals surface area contributed by atoms with Crippen molar-refractivity contribution in [1.29, 1.82) is 0 Å². The Balaban J connectivity index is 1.92. The van der Waals surface area contributed by atoms with Gasteiger partial charge in [0.05, 0.1) is 24.8 Å². The molecule has 112 valence electrons. The molecule has 0 amide bonds. The highest BCUT2D eigenvalue weighted by molar-refractivity contribution is 6.17. The third kappa shape index (κ3) is 2.54. The first-order valence-corrected chi connectivity index (χ1v) is 7.37. The predicted octanol–water partition coefficient (Wildman–Crippen LogP) is 4.01. The Hall–Kier alpha value is -2.42. The van der Waals surface area contributed by atoms with Crippen LogP contribution < -0.4 is 4.74 Å². The number of aliphatic imine (C=N–C) groups is 1. The number of Topliss-reactive ketones (excluding diaryl/α,β-unsaturated/α-hetero) is 1. The minimum absolute atomic E-state index is 0.0961. The molecule has 1 aliphatic heterocycles. The highest BCUT2D eigenvalue weighted by atomic mass is 16.5. The molecule has 22 heavy (non-hydrogen) atoms. The van der Waals surface area contributed by atoms with Crippen LogP contribution in [0.25, 0.3) is 0 Å². The van der Waals surface area contributed by atoms with Crippen LogP contribution in [-0.4, -0.2) is 18.6 Å². The second-order valence-corrected chi connectivity index (χ2v) is 6.00. The summed E-state index contributed by atoms with van der Waals surface area (Å²) in [6.45, 7) is 4.12. The van der Waals surface area contributed by atoms with Crippen molar-refractivity contribution in [3.63, 3.8) is 0 Å². The summed E-state index contributed by atoms with van der Waals surface area (Å²) in [5, 5.41) is 0. The number of ether oxygens (including phenoxy) is 1. The Bertz CT molecular complexity index is 745. The summed E-state index contributed by atoms with van der Waals surface area (Å²) in [6, 6.07) is 15.3. The van der Waals surface area contributed by atoms with Gasteiger partial charge in [0.25, 0.3) is 0 Å². The van der Waals surface area contributed by atoms with Gasteiger partial charge >= 0.3 is 0 Å². The Morgan fingerprint density at radius 2 is 1.86 bits per heavy atom. The fraction of sp³-hybridized carbons (Fsp3) is 0.263. The van der Waals surface area contributed by atoms with E-state index in [2.05, 4.69) is 13.8 Å². The van der Waals surface area contributed by atoms with Crippen LogP contribution in [0.15, 0.2) is 53.5 Å². The smallest absolute Gasteiger partial charge is 0.168 e. The van der Waals surface area contributed by atoms with Crippen LogP contribution in [-0.2, 0) is 5.54 Å². The van der Waals surface area contributed by atoms with Crippen LogP contribution in [0.1, 0.15) is 41.8 Å². The van der Waals surface area contributed by atoms with Gasteiger partial charge in [0.2, 0.25) is 0 Å². The van der Waals surface area contributed by atoms with E-state index in [0.717, 1.165) is 28.2 Å². The van der Waals surface area contributed by atoms with Crippen LogP contribution in [0.2, 0.25) is 0 Å². The van der Waals surface area contributed by atoms with Crippen molar-refractivity contribution in [2.75, 3.05) is 7.11 Å². The third-order valence-corrected chi connectivity index (χ3v) is 4.03. The van der Waals surface area contributed by atoms with Crippen LogP contribution in [0, 0.1) is 0 Å². The molecule has 3 heteroatoms. The van der Waals surface area contributed by atoms with Gasteiger partial charge in [0.15, 0.2) is 5.78 Å². The maximum absolute atomic E-state index is 12.4.